The zero-order chi connectivity index (χ0) is 24.4. The highest BCUT2D eigenvalue weighted by Gasteiger charge is 2.30. The molecule has 1 fully saturated rings. The Balaban J connectivity index is 1.21. The fourth-order valence-electron chi connectivity index (χ4n) is 4.30. The van der Waals surface area contributed by atoms with Gasteiger partial charge < -0.3 is 28.6 Å². The first kappa shape index (κ1) is 22.8. The number of likely N-dealkylation sites (tertiary alicyclic amines) is 1. The molecule has 1 unspecified atom stereocenters. The highest BCUT2D eigenvalue weighted by Crippen LogP contribution is 2.37. The van der Waals surface area contributed by atoms with Crippen LogP contribution < -0.4 is 18.9 Å². The fraction of sp³-hybridized carbons (Fsp3) is 0.346. The number of hydrogen-bond donors (Lipinski definition) is 0. The van der Waals surface area contributed by atoms with Crippen LogP contribution in [0.3, 0.4) is 0 Å². The van der Waals surface area contributed by atoms with E-state index in [1.54, 1.807) is 48.2 Å². The molecule has 0 saturated carbocycles. The van der Waals surface area contributed by atoms with E-state index < -0.39 is 0 Å². The summed E-state index contributed by atoms with van der Waals surface area (Å²) in [6.45, 7) is 2.99. The molecule has 0 aliphatic carbocycles. The lowest BCUT2D eigenvalue weighted by Gasteiger charge is -2.31. The highest BCUT2D eigenvalue weighted by molar-refractivity contribution is 6.14. The van der Waals surface area contributed by atoms with Gasteiger partial charge in [-0.05, 0) is 55.7 Å². The van der Waals surface area contributed by atoms with E-state index in [9.17, 15) is 14.4 Å². The second-order valence-electron chi connectivity index (χ2n) is 8.43. The van der Waals surface area contributed by atoms with Crippen molar-refractivity contribution in [1.82, 2.24) is 4.90 Å². The first-order valence-electron chi connectivity index (χ1n) is 11.6. The zero-order valence-electron chi connectivity index (χ0n) is 19.3. The Kier molecular flexibility index (Phi) is 6.31. The van der Waals surface area contributed by atoms with Crippen LogP contribution in [0.2, 0.25) is 0 Å². The zero-order valence-corrected chi connectivity index (χ0v) is 19.3. The number of carbonyl (C=O) groups is 3. The van der Waals surface area contributed by atoms with E-state index >= 15 is 0 Å². The van der Waals surface area contributed by atoms with Crippen molar-refractivity contribution in [3.05, 3.63) is 53.3 Å². The number of hydrogen-bond acceptors (Lipinski definition) is 8. The number of esters is 1. The summed E-state index contributed by atoms with van der Waals surface area (Å²) in [4.78, 5) is 39.1. The number of fused-ring (bicyclic) bond motifs is 2. The molecule has 1 atom stereocenters. The van der Waals surface area contributed by atoms with Gasteiger partial charge in [0.2, 0.25) is 12.6 Å². The molecule has 0 aromatic heterocycles. The van der Waals surface area contributed by atoms with Crippen LogP contribution >= 0.6 is 0 Å². The first-order chi connectivity index (χ1) is 17.0. The highest BCUT2D eigenvalue weighted by atomic mass is 16.7. The van der Waals surface area contributed by atoms with Crippen LogP contribution in [-0.4, -0.2) is 55.7 Å². The van der Waals surface area contributed by atoms with E-state index in [-0.39, 0.29) is 42.7 Å². The second kappa shape index (κ2) is 9.69. The van der Waals surface area contributed by atoms with Crippen molar-refractivity contribution < 1.29 is 38.1 Å². The van der Waals surface area contributed by atoms with E-state index in [1.165, 1.54) is 0 Å². The molecular weight excluding hydrogens is 454 g/mol. The third-order valence-corrected chi connectivity index (χ3v) is 6.09. The van der Waals surface area contributed by atoms with Gasteiger partial charge in [-0.1, -0.05) is 6.07 Å². The van der Waals surface area contributed by atoms with Gasteiger partial charge >= 0.3 is 5.97 Å². The average Bonchev–Trinajstić information content (AvgIpc) is 3.46. The van der Waals surface area contributed by atoms with Gasteiger partial charge in [0.15, 0.2) is 23.9 Å². The van der Waals surface area contributed by atoms with Crippen LogP contribution in [-0.2, 0) is 14.3 Å². The molecule has 1 amide bonds. The van der Waals surface area contributed by atoms with Crippen molar-refractivity contribution in [3.63, 3.8) is 0 Å². The molecule has 35 heavy (non-hydrogen) atoms. The normalized spacial score (nSPS) is 19.3. The molecule has 0 spiro atoms. The summed E-state index contributed by atoms with van der Waals surface area (Å²) in [5.41, 5.74) is 1.17. The second-order valence-corrected chi connectivity index (χ2v) is 8.43. The molecule has 2 aromatic rings. The van der Waals surface area contributed by atoms with Gasteiger partial charge in [0, 0.05) is 19.2 Å². The maximum Gasteiger partial charge on any atom is 0.310 e. The summed E-state index contributed by atoms with van der Waals surface area (Å²) >= 11 is 0. The maximum absolute atomic E-state index is 12.8. The lowest BCUT2D eigenvalue weighted by atomic mass is 9.98. The van der Waals surface area contributed by atoms with Crippen molar-refractivity contribution in [2.24, 2.45) is 5.92 Å². The van der Waals surface area contributed by atoms with Crippen molar-refractivity contribution in [2.75, 3.05) is 33.1 Å². The number of benzene rings is 2. The van der Waals surface area contributed by atoms with Gasteiger partial charge in [-0.2, -0.15) is 0 Å². The Morgan fingerprint density at radius 1 is 1.11 bits per heavy atom. The molecule has 0 radical (unpaired) electrons. The minimum Gasteiger partial charge on any atom is -0.484 e. The lowest BCUT2D eigenvalue weighted by molar-refractivity contribution is -0.151. The van der Waals surface area contributed by atoms with E-state index in [0.29, 0.717) is 54.7 Å². The summed E-state index contributed by atoms with van der Waals surface area (Å²) < 4.78 is 27.2. The molecule has 3 aliphatic heterocycles. The molecule has 5 rings (SSSR count). The summed E-state index contributed by atoms with van der Waals surface area (Å²) in [6, 6.07) is 10.2. The summed E-state index contributed by atoms with van der Waals surface area (Å²) in [5.74, 6) is 1.22. The van der Waals surface area contributed by atoms with Gasteiger partial charge in [-0.3, -0.25) is 14.4 Å². The molecule has 3 heterocycles. The molecular formula is C26H25NO8. The van der Waals surface area contributed by atoms with Crippen LogP contribution in [0.5, 0.6) is 23.0 Å². The number of allylic oxidation sites excluding steroid dienone is 1. The predicted molar refractivity (Wildman–Crippen MR) is 123 cm³/mol. The van der Waals surface area contributed by atoms with Crippen molar-refractivity contribution in [1.29, 1.82) is 0 Å². The largest absolute Gasteiger partial charge is 0.484 e. The SMILES string of the molecule is CCOC(=O)C1CCCN(C(=O)COc2ccc3c(c2)OC(=Cc2ccc4c(c2)OCO4)C3=O)C1. The minimum atomic E-state index is -0.304. The van der Waals surface area contributed by atoms with Crippen molar-refractivity contribution in [3.8, 4) is 23.0 Å². The quantitative estimate of drug-likeness (QED) is 0.460. The van der Waals surface area contributed by atoms with Crippen molar-refractivity contribution in [2.45, 2.75) is 19.8 Å². The van der Waals surface area contributed by atoms with Gasteiger partial charge in [0.1, 0.15) is 11.5 Å². The first-order valence-corrected chi connectivity index (χ1v) is 11.6. The smallest absolute Gasteiger partial charge is 0.310 e. The molecule has 9 nitrogen and oxygen atoms in total. The molecule has 1 saturated heterocycles. The molecule has 2 aromatic carbocycles. The molecule has 3 aliphatic rings. The number of nitrogens with zero attached hydrogens (tertiary/aromatic N) is 1. The number of Topliss-reactive ketones (excluding diaryl/α,β-unsaturated/α-hetero) is 1. The summed E-state index contributed by atoms with van der Waals surface area (Å²) in [7, 11) is 0. The topological polar surface area (TPSA) is 101 Å². The number of rotatable bonds is 6. The van der Waals surface area contributed by atoms with Crippen LogP contribution in [0.1, 0.15) is 35.7 Å². The summed E-state index contributed by atoms with van der Waals surface area (Å²) in [5, 5.41) is 0. The molecule has 0 N–H and O–H groups in total. The Bertz CT molecular complexity index is 1200. The van der Waals surface area contributed by atoms with Crippen LogP contribution in [0.25, 0.3) is 6.08 Å². The average molecular weight is 479 g/mol. The van der Waals surface area contributed by atoms with Gasteiger partial charge in [-0.15, -0.1) is 0 Å². The Morgan fingerprint density at radius 2 is 1.97 bits per heavy atom. The number of ether oxygens (including phenoxy) is 5. The third kappa shape index (κ3) is 4.80. The minimum absolute atomic E-state index is 0.172. The summed E-state index contributed by atoms with van der Waals surface area (Å²) in [6.07, 6.45) is 3.09. The maximum atomic E-state index is 12.8. The molecule has 0 bridgehead atoms. The fourth-order valence-corrected chi connectivity index (χ4v) is 4.30. The van der Waals surface area contributed by atoms with E-state index in [0.717, 1.165) is 12.0 Å². The Labute approximate surface area is 202 Å². The Morgan fingerprint density at radius 3 is 2.83 bits per heavy atom. The van der Waals surface area contributed by atoms with Crippen molar-refractivity contribution >= 4 is 23.7 Å². The third-order valence-electron chi connectivity index (χ3n) is 6.09. The predicted octanol–water partition coefficient (Wildman–Crippen LogP) is 3.21. The van der Waals surface area contributed by atoms with Gasteiger partial charge in [-0.25, -0.2) is 0 Å². The van der Waals surface area contributed by atoms with E-state index in [2.05, 4.69) is 0 Å². The standard InChI is InChI=1S/C26H25NO8/c1-2-31-26(30)17-4-3-9-27(13-17)24(28)14-32-18-6-7-19-21(12-18)35-23(25(19)29)11-16-5-8-20-22(10-16)34-15-33-20/h5-8,10-12,17H,2-4,9,13-15H2,1H3. The van der Waals surface area contributed by atoms with Gasteiger partial charge in [0.05, 0.1) is 18.1 Å². The van der Waals surface area contributed by atoms with Gasteiger partial charge in [0.25, 0.3) is 5.91 Å². The number of amides is 1. The molecule has 9 heteroatoms. The number of piperidine rings is 1. The Hall–Kier alpha value is -4.01. The van der Waals surface area contributed by atoms with E-state index in [1.807, 2.05) is 6.07 Å². The monoisotopic (exact) mass is 479 g/mol. The number of ketones is 1. The van der Waals surface area contributed by atoms with Crippen LogP contribution in [0.4, 0.5) is 0 Å². The number of carbonyl (C=O) groups excluding carboxylic acids is 3. The van der Waals surface area contributed by atoms with E-state index in [4.69, 9.17) is 23.7 Å². The molecule has 182 valence electrons. The van der Waals surface area contributed by atoms with Crippen LogP contribution in [0, 0.1) is 5.92 Å². The van der Waals surface area contributed by atoms with Crippen LogP contribution in [0.15, 0.2) is 42.2 Å². The lowest BCUT2D eigenvalue weighted by Crippen LogP contribution is -2.44.